The maximum atomic E-state index is 9.12. The smallest absolute Gasteiger partial charge is 0.0658 e. The van der Waals surface area contributed by atoms with E-state index in [0.717, 1.165) is 0 Å². The first-order valence-electron chi connectivity index (χ1n) is 7.00. The zero-order valence-electron chi connectivity index (χ0n) is 11.7. The summed E-state index contributed by atoms with van der Waals surface area (Å²) in [5.41, 5.74) is 0.249. The summed E-state index contributed by atoms with van der Waals surface area (Å²) in [4.78, 5) is 0. The highest BCUT2D eigenvalue weighted by atomic mass is 14.4. The summed E-state index contributed by atoms with van der Waals surface area (Å²) >= 11 is 0. The molecule has 0 aliphatic carbocycles. The van der Waals surface area contributed by atoms with Crippen molar-refractivity contribution < 1.29 is 0 Å². The van der Waals surface area contributed by atoms with Crippen LogP contribution < -0.4 is 0 Å². The van der Waals surface area contributed by atoms with Crippen LogP contribution in [0.2, 0.25) is 0 Å². The molecular weight excluding hydrogens is 194 g/mol. The van der Waals surface area contributed by atoms with Crippen LogP contribution in [0.15, 0.2) is 0 Å². The molecular formula is C15H29N. The Morgan fingerprint density at radius 3 is 2.06 bits per heavy atom. The van der Waals surface area contributed by atoms with Crippen molar-refractivity contribution in [3.63, 3.8) is 0 Å². The van der Waals surface area contributed by atoms with Crippen LogP contribution in [0.4, 0.5) is 0 Å². The van der Waals surface area contributed by atoms with Crippen LogP contribution >= 0.6 is 0 Å². The third kappa shape index (κ3) is 5.54. The van der Waals surface area contributed by atoms with Crippen molar-refractivity contribution in [2.24, 2.45) is 11.3 Å². The van der Waals surface area contributed by atoms with Crippen LogP contribution in [0.25, 0.3) is 0 Å². The minimum atomic E-state index is 0.195. The van der Waals surface area contributed by atoms with Gasteiger partial charge in [-0.05, 0) is 25.2 Å². The topological polar surface area (TPSA) is 23.8 Å². The Bertz CT molecular complexity index is 204. The summed E-state index contributed by atoms with van der Waals surface area (Å²) in [5, 5.41) is 9.12. The molecule has 0 bridgehead atoms. The lowest BCUT2D eigenvalue weighted by atomic mass is 9.71. The molecule has 0 aliphatic rings. The first-order valence-corrected chi connectivity index (χ1v) is 7.00. The molecule has 0 N–H and O–H groups in total. The second kappa shape index (κ2) is 8.62. The molecule has 94 valence electrons. The fraction of sp³-hybridized carbons (Fsp3) is 0.933. The third-order valence-electron chi connectivity index (χ3n) is 3.94. The summed E-state index contributed by atoms with van der Waals surface area (Å²) in [6.07, 6.45) is 10.2. The average molecular weight is 223 g/mol. The van der Waals surface area contributed by atoms with Crippen molar-refractivity contribution >= 4 is 0 Å². The molecule has 1 nitrogen and oxygen atoms in total. The number of nitrogens with zero attached hydrogens (tertiary/aromatic N) is 1. The van der Waals surface area contributed by atoms with Gasteiger partial charge in [-0.2, -0.15) is 5.26 Å². The van der Waals surface area contributed by atoms with Crippen molar-refractivity contribution in [1.82, 2.24) is 0 Å². The van der Waals surface area contributed by atoms with E-state index in [1.165, 1.54) is 51.4 Å². The van der Waals surface area contributed by atoms with E-state index in [1.54, 1.807) is 0 Å². The van der Waals surface area contributed by atoms with E-state index >= 15 is 0 Å². The quantitative estimate of drug-likeness (QED) is 0.486. The maximum Gasteiger partial charge on any atom is 0.0658 e. The van der Waals surface area contributed by atoms with Crippen LogP contribution in [0.5, 0.6) is 0 Å². The van der Waals surface area contributed by atoms with Crippen molar-refractivity contribution in [2.75, 3.05) is 0 Å². The number of rotatable bonds is 9. The van der Waals surface area contributed by atoms with Crippen LogP contribution in [-0.2, 0) is 0 Å². The van der Waals surface area contributed by atoms with E-state index in [0.29, 0.717) is 0 Å². The van der Waals surface area contributed by atoms with Crippen LogP contribution in [0.3, 0.4) is 0 Å². The lowest BCUT2D eigenvalue weighted by Gasteiger charge is -2.32. The van der Waals surface area contributed by atoms with Gasteiger partial charge in [0.1, 0.15) is 0 Å². The molecule has 0 saturated carbocycles. The van der Waals surface area contributed by atoms with E-state index < -0.39 is 0 Å². The molecule has 1 heteroatoms. The van der Waals surface area contributed by atoms with Crippen LogP contribution in [0.1, 0.15) is 79.1 Å². The molecule has 0 aromatic carbocycles. The van der Waals surface area contributed by atoms with E-state index in [9.17, 15) is 0 Å². The average Bonchev–Trinajstić information content (AvgIpc) is 2.31. The minimum Gasteiger partial charge on any atom is -0.198 e. The molecule has 0 rings (SSSR count). The van der Waals surface area contributed by atoms with Crippen LogP contribution in [-0.4, -0.2) is 0 Å². The molecule has 2 atom stereocenters. The lowest BCUT2D eigenvalue weighted by molar-refractivity contribution is 0.194. The van der Waals surface area contributed by atoms with Gasteiger partial charge in [0.05, 0.1) is 6.07 Å². The SMILES string of the molecule is CCCCCCC(C)(CCCC)C(C)C#N. The molecule has 0 aliphatic heterocycles. The van der Waals surface area contributed by atoms with Crippen molar-refractivity contribution in [2.45, 2.75) is 79.1 Å². The summed E-state index contributed by atoms with van der Waals surface area (Å²) in [7, 11) is 0. The normalized spacial score (nSPS) is 16.4. The lowest BCUT2D eigenvalue weighted by Crippen LogP contribution is -2.24. The molecule has 0 spiro atoms. The molecule has 0 fully saturated rings. The second-order valence-corrected chi connectivity index (χ2v) is 5.42. The number of nitriles is 1. The van der Waals surface area contributed by atoms with Gasteiger partial charge in [0, 0.05) is 5.92 Å². The monoisotopic (exact) mass is 223 g/mol. The standard InChI is InChI=1S/C15H29N/c1-5-7-9-10-12-15(4,11-8-6-2)14(3)13-16/h14H,5-12H2,1-4H3. The maximum absolute atomic E-state index is 9.12. The van der Waals surface area contributed by atoms with Gasteiger partial charge < -0.3 is 0 Å². The van der Waals surface area contributed by atoms with Gasteiger partial charge in [-0.3, -0.25) is 0 Å². The van der Waals surface area contributed by atoms with Crippen molar-refractivity contribution in [3.05, 3.63) is 0 Å². The molecule has 0 saturated heterocycles. The summed E-state index contributed by atoms with van der Waals surface area (Å²) in [6.45, 7) is 8.88. The molecule has 2 unspecified atom stereocenters. The van der Waals surface area contributed by atoms with Crippen molar-refractivity contribution in [3.8, 4) is 6.07 Å². The fourth-order valence-electron chi connectivity index (χ4n) is 2.25. The van der Waals surface area contributed by atoms with Gasteiger partial charge in [0.15, 0.2) is 0 Å². The largest absolute Gasteiger partial charge is 0.198 e. The van der Waals surface area contributed by atoms with Gasteiger partial charge in [0.2, 0.25) is 0 Å². The summed E-state index contributed by atoms with van der Waals surface area (Å²) < 4.78 is 0. The zero-order chi connectivity index (χ0) is 12.4. The first kappa shape index (κ1) is 15.5. The first-order chi connectivity index (χ1) is 7.60. The van der Waals surface area contributed by atoms with Gasteiger partial charge in [-0.1, -0.05) is 59.3 Å². The van der Waals surface area contributed by atoms with E-state index in [2.05, 4.69) is 33.8 Å². The summed E-state index contributed by atoms with van der Waals surface area (Å²) in [5.74, 6) is 0.195. The highest BCUT2D eigenvalue weighted by Crippen LogP contribution is 2.38. The van der Waals surface area contributed by atoms with E-state index in [4.69, 9.17) is 5.26 Å². The number of unbranched alkanes of at least 4 members (excludes halogenated alkanes) is 4. The zero-order valence-corrected chi connectivity index (χ0v) is 11.7. The second-order valence-electron chi connectivity index (χ2n) is 5.42. The van der Waals surface area contributed by atoms with Gasteiger partial charge in [-0.15, -0.1) is 0 Å². The highest BCUT2D eigenvalue weighted by molar-refractivity contribution is 4.92. The highest BCUT2D eigenvalue weighted by Gasteiger charge is 2.29. The Labute approximate surface area is 102 Å². The Hall–Kier alpha value is -0.510. The predicted octanol–water partition coefficient (Wildman–Crippen LogP) is 5.31. The van der Waals surface area contributed by atoms with Gasteiger partial charge in [-0.25, -0.2) is 0 Å². The van der Waals surface area contributed by atoms with Gasteiger partial charge in [0.25, 0.3) is 0 Å². The molecule has 0 amide bonds. The Morgan fingerprint density at radius 2 is 1.56 bits per heavy atom. The fourth-order valence-corrected chi connectivity index (χ4v) is 2.25. The molecule has 0 aromatic rings. The summed E-state index contributed by atoms with van der Waals surface area (Å²) in [6, 6.07) is 2.46. The molecule has 0 heterocycles. The van der Waals surface area contributed by atoms with Crippen LogP contribution in [0, 0.1) is 22.7 Å². The molecule has 16 heavy (non-hydrogen) atoms. The Balaban J connectivity index is 4.14. The molecule has 0 aromatic heterocycles. The molecule has 0 radical (unpaired) electrons. The predicted molar refractivity (Wildman–Crippen MR) is 71.2 cm³/mol. The number of hydrogen-bond acceptors (Lipinski definition) is 1. The Morgan fingerprint density at radius 1 is 1.00 bits per heavy atom. The van der Waals surface area contributed by atoms with Gasteiger partial charge >= 0.3 is 0 Å². The Kier molecular flexibility index (Phi) is 8.35. The third-order valence-corrected chi connectivity index (χ3v) is 3.94. The minimum absolute atomic E-state index is 0.195. The van der Waals surface area contributed by atoms with E-state index in [-0.39, 0.29) is 11.3 Å². The number of hydrogen-bond donors (Lipinski definition) is 0. The van der Waals surface area contributed by atoms with E-state index in [1.807, 2.05) is 0 Å². The van der Waals surface area contributed by atoms with Crippen molar-refractivity contribution in [1.29, 1.82) is 5.26 Å².